The highest BCUT2D eigenvalue weighted by Crippen LogP contribution is 2.42. The second-order valence-electron chi connectivity index (χ2n) is 10.1. The molecule has 0 bridgehead atoms. The number of rotatable bonds is 9. The molecule has 3 heteroatoms. The van der Waals surface area contributed by atoms with Crippen molar-refractivity contribution >= 4 is 5.97 Å². The molecule has 0 unspecified atom stereocenters. The highest BCUT2D eigenvalue weighted by Gasteiger charge is 2.32. The first-order valence-corrected chi connectivity index (χ1v) is 12.6. The lowest BCUT2D eigenvalue weighted by molar-refractivity contribution is -0.151. The second-order valence-corrected chi connectivity index (χ2v) is 10.1. The number of carbonyl (C=O) groups excluding carboxylic acids is 1. The van der Waals surface area contributed by atoms with E-state index in [9.17, 15) is 4.79 Å². The summed E-state index contributed by atoms with van der Waals surface area (Å²) in [5.41, 5.74) is 1.31. The van der Waals surface area contributed by atoms with Gasteiger partial charge in [0.1, 0.15) is 6.10 Å². The van der Waals surface area contributed by atoms with Crippen molar-refractivity contribution in [2.75, 3.05) is 13.2 Å². The van der Waals surface area contributed by atoms with E-state index in [1.807, 2.05) is 0 Å². The van der Waals surface area contributed by atoms with Crippen LogP contribution in [0.1, 0.15) is 103 Å². The first kappa shape index (κ1) is 22.8. The average Bonchev–Trinajstić information content (AvgIpc) is 2.74. The predicted octanol–water partition coefficient (Wildman–Crippen LogP) is 6.85. The van der Waals surface area contributed by atoms with Crippen LogP contribution in [0.4, 0.5) is 0 Å². The Kier molecular flexibility index (Phi) is 9.55. The van der Waals surface area contributed by atoms with Crippen LogP contribution in [0.3, 0.4) is 0 Å². The number of carbonyl (C=O) groups is 1. The van der Waals surface area contributed by atoms with Crippen molar-refractivity contribution < 1.29 is 14.3 Å². The Morgan fingerprint density at radius 3 is 2.07 bits per heavy atom. The maximum atomic E-state index is 12.4. The van der Waals surface area contributed by atoms with Gasteiger partial charge in [-0.05, 0) is 107 Å². The zero-order valence-corrected chi connectivity index (χ0v) is 18.8. The van der Waals surface area contributed by atoms with Crippen LogP contribution < -0.4 is 0 Å². The summed E-state index contributed by atoms with van der Waals surface area (Å²) in [6.07, 6.45) is 17.8. The summed E-state index contributed by atoms with van der Waals surface area (Å²) in [7, 11) is 0. The number of ether oxygens (including phenoxy) is 2. The molecule has 3 nitrogen and oxygen atoms in total. The summed E-state index contributed by atoms with van der Waals surface area (Å²) in [5, 5.41) is 0. The van der Waals surface area contributed by atoms with Gasteiger partial charge in [-0.3, -0.25) is 4.79 Å². The van der Waals surface area contributed by atoms with Gasteiger partial charge in [-0.15, -0.1) is 0 Å². The van der Waals surface area contributed by atoms with E-state index in [1.165, 1.54) is 69.8 Å². The van der Waals surface area contributed by atoms with Crippen LogP contribution in [0.5, 0.6) is 0 Å². The molecule has 3 aliphatic carbocycles. The summed E-state index contributed by atoms with van der Waals surface area (Å²) in [6, 6.07) is 0. The highest BCUT2D eigenvalue weighted by molar-refractivity contribution is 5.69. The van der Waals surface area contributed by atoms with Gasteiger partial charge < -0.3 is 9.47 Å². The van der Waals surface area contributed by atoms with Gasteiger partial charge in [0.25, 0.3) is 0 Å². The summed E-state index contributed by atoms with van der Waals surface area (Å²) in [6.45, 7) is 8.19. The molecule has 0 heterocycles. The minimum absolute atomic E-state index is 0.0505. The van der Waals surface area contributed by atoms with Crippen molar-refractivity contribution in [1.82, 2.24) is 0 Å². The minimum Gasteiger partial charge on any atom is -0.462 e. The largest absolute Gasteiger partial charge is 0.462 e. The Morgan fingerprint density at radius 1 is 0.897 bits per heavy atom. The SMILES string of the molecule is C=C1CCC(OC(=O)CC2CCC(C3CCC(COCCCC)CC3)CC2)CC1. The van der Waals surface area contributed by atoms with E-state index in [4.69, 9.17) is 9.47 Å². The second kappa shape index (κ2) is 12.1. The van der Waals surface area contributed by atoms with Gasteiger partial charge in [0.15, 0.2) is 0 Å². The first-order valence-electron chi connectivity index (χ1n) is 12.6. The molecule has 0 N–H and O–H groups in total. The summed E-state index contributed by atoms with van der Waals surface area (Å²) >= 11 is 0. The third-order valence-corrected chi connectivity index (χ3v) is 7.84. The zero-order valence-electron chi connectivity index (χ0n) is 18.8. The fraction of sp³-hybridized carbons (Fsp3) is 0.885. The van der Waals surface area contributed by atoms with E-state index in [2.05, 4.69) is 13.5 Å². The molecule has 0 radical (unpaired) electrons. The molecular formula is C26H44O3. The third kappa shape index (κ3) is 7.74. The quantitative estimate of drug-likeness (QED) is 0.239. The lowest BCUT2D eigenvalue weighted by atomic mass is 9.69. The lowest BCUT2D eigenvalue weighted by Crippen LogP contribution is -2.28. The Hall–Kier alpha value is -0.830. The molecule has 166 valence electrons. The van der Waals surface area contributed by atoms with Crippen LogP contribution in [-0.4, -0.2) is 25.3 Å². The number of allylic oxidation sites excluding steroid dienone is 1. The molecule has 0 aliphatic heterocycles. The van der Waals surface area contributed by atoms with E-state index in [0.29, 0.717) is 12.3 Å². The van der Waals surface area contributed by atoms with Gasteiger partial charge >= 0.3 is 5.97 Å². The molecule has 0 aromatic heterocycles. The molecule has 0 spiro atoms. The summed E-state index contributed by atoms with van der Waals surface area (Å²) in [5.74, 6) is 3.22. The van der Waals surface area contributed by atoms with Crippen molar-refractivity contribution in [1.29, 1.82) is 0 Å². The van der Waals surface area contributed by atoms with Gasteiger partial charge in [0.05, 0.1) is 0 Å². The maximum Gasteiger partial charge on any atom is 0.306 e. The Bertz CT molecular complexity index is 488. The fourth-order valence-corrected chi connectivity index (χ4v) is 5.77. The van der Waals surface area contributed by atoms with Crippen molar-refractivity contribution in [2.45, 2.75) is 109 Å². The summed E-state index contributed by atoms with van der Waals surface area (Å²) in [4.78, 5) is 12.4. The fourth-order valence-electron chi connectivity index (χ4n) is 5.77. The van der Waals surface area contributed by atoms with Gasteiger partial charge in [-0.25, -0.2) is 0 Å². The highest BCUT2D eigenvalue weighted by atomic mass is 16.5. The van der Waals surface area contributed by atoms with E-state index < -0.39 is 0 Å². The van der Waals surface area contributed by atoms with Crippen molar-refractivity contribution in [3.05, 3.63) is 12.2 Å². The number of esters is 1. The number of unbranched alkanes of at least 4 members (excludes halogenated alkanes) is 1. The van der Waals surface area contributed by atoms with Crippen LogP contribution >= 0.6 is 0 Å². The lowest BCUT2D eigenvalue weighted by Gasteiger charge is -2.37. The van der Waals surface area contributed by atoms with Crippen LogP contribution in [0, 0.1) is 23.7 Å². The standard InChI is InChI=1S/C26H44O3/c1-3-4-17-28-19-22-9-13-24(14-10-22)23-11-7-21(8-12-23)18-26(27)29-25-15-5-20(2)6-16-25/h21-25H,2-19H2,1H3. The minimum atomic E-state index is 0.0505. The van der Waals surface area contributed by atoms with Crippen molar-refractivity contribution in [3.8, 4) is 0 Å². The molecule has 0 atom stereocenters. The monoisotopic (exact) mass is 404 g/mol. The number of hydrogen-bond acceptors (Lipinski definition) is 3. The van der Waals surface area contributed by atoms with E-state index in [1.54, 1.807) is 0 Å². The molecule has 3 rings (SSSR count). The zero-order chi connectivity index (χ0) is 20.5. The topological polar surface area (TPSA) is 35.5 Å². The van der Waals surface area contributed by atoms with Crippen molar-refractivity contribution in [2.24, 2.45) is 23.7 Å². The normalized spacial score (nSPS) is 31.6. The maximum absolute atomic E-state index is 12.4. The smallest absolute Gasteiger partial charge is 0.306 e. The van der Waals surface area contributed by atoms with Gasteiger partial charge in [-0.2, -0.15) is 0 Å². The number of hydrogen-bond donors (Lipinski definition) is 0. The Balaban J connectivity index is 1.27. The molecular weight excluding hydrogens is 360 g/mol. The van der Waals surface area contributed by atoms with E-state index in [0.717, 1.165) is 56.7 Å². The van der Waals surface area contributed by atoms with Crippen LogP contribution in [-0.2, 0) is 14.3 Å². The first-order chi connectivity index (χ1) is 14.1. The average molecular weight is 405 g/mol. The van der Waals surface area contributed by atoms with E-state index in [-0.39, 0.29) is 12.1 Å². The van der Waals surface area contributed by atoms with Crippen LogP contribution in [0.2, 0.25) is 0 Å². The van der Waals surface area contributed by atoms with Gasteiger partial charge in [0, 0.05) is 19.6 Å². The molecule has 3 saturated carbocycles. The molecule has 3 aliphatic rings. The van der Waals surface area contributed by atoms with E-state index >= 15 is 0 Å². The molecule has 0 amide bonds. The molecule has 0 saturated heterocycles. The van der Waals surface area contributed by atoms with Crippen LogP contribution in [0.25, 0.3) is 0 Å². The summed E-state index contributed by atoms with van der Waals surface area (Å²) < 4.78 is 11.6. The van der Waals surface area contributed by atoms with Gasteiger partial charge in [0.2, 0.25) is 0 Å². The molecule has 0 aromatic rings. The third-order valence-electron chi connectivity index (χ3n) is 7.84. The molecule has 0 aromatic carbocycles. The Labute approximate surface area is 179 Å². The van der Waals surface area contributed by atoms with Gasteiger partial charge in [-0.1, -0.05) is 25.5 Å². The van der Waals surface area contributed by atoms with Crippen molar-refractivity contribution in [3.63, 3.8) is 0 Å². The van der Waals surface area contributed by atoms with Crippen LogP contribution in [0.15, 0.2) is 12.2 Å². The molecule has 29 heavy (non-hydrogen) atoms. The molecule has 3 fully saturated rings. The predicted molar refractivity (Wildman–Crippen MR) is 119 cm³/mol. The Morgan fingerprint density at radius 2 is 1.48 bits per heavy atom.